The third kappa shape index (κ3) is 5.92. The Morgan fingerprint density at radius 3 is 2.54 bits per heavy atom. The van der Waals surface area contributed by atoms with E-state index in [1.807, 2.05) is 19.1 Å². The molecule has 0 saturated carbocycles. The van der Waals surface area contributed by atoms with Crippen molar-refractivity contribution >= 4 is 17.7 Å². The van der Waals surface area contributed by atoms with Crippen molar-refractivity contribution in [3.05, 3.63) is 65.2 Å². The number of ether oxygens (including phenoxy) is 1. The lowest BCUT2D eigenvalue weighted by molar-refractivity contribution is 0.0501. The van der Waals surface area contributed by atoms with Gasteiger partial charge in [-0.05, 0) is 43.0 Å². The summed E-state index contributed by atoms with van der Waals surface area (Å²) in [6.07, 6.45) is 2.53. The maximum absolute atomic E-state index is 12.2. The lowest BCUT2D eigenvalue weighted by atomic mass is 10.1. The quantitative estimate of drug-likeness (QED) is 0.548. The van der Waals surface area contributed by atoms with Gasteiger partial charge in [0.15, 0.2) is 0 Å². The minimum atomic E-state index is -0.422. The average molecular weight is 354 g/mol. The third-order valence-corrected chi connectivity index (χ3v) is 4.07. The molecule has 2 rings (SSSR count). The second-order valence-corrected chi connectivity index (χ2v) is 6.09. The maximum Gasteiger partial charge on any atom is 0.340 e. The first kappa shape index (κ1) is 19.5. The summed E-state index contributed by atoms with van der Waals surface area (Å²) in [5.41, 5.74) is 3.21. The summed E-state index contributed by atoms with van der Waals surface area (Å²) in [4.78, 5) is 24.3. The Kier molecular flexibility index (Phi) is 7.68. The number of hydrogen-bond donors (Lipinski definition) is 2. The van der Waals surface area contributed by atoms with E-state index in [2.05, 4.69) is 29.7 Å². The van der Waals surface area contributed by atoms with Crippen molar-refractivity contribution in [1.29, 1.82) is 0 Å². The molecule has 138 valence electrons. The molecule has 2 aromatic carbocycles. The molecular weight excluding hydrogens is 328 g/mol. The molecule has 0 aromatic heterocycles. The van der Waals surface area contributed by atoms with Gasteiger partial charge in [0, 0.05) is 6.54 Å². The lowest BCUT2D eigenvalue weighted by Gasteiger charge is -2.12. The standard InChI is InChI=1S/C21H26N2O3/c1-3-4-15-26-20(24)18-11-7-8-12-19(18)23-21(25)22-14-13-17-10-6-5-9-16(17)2/h5-12H,3-4,13-15H2,1-2H3,(H2,22,23,25). The molecule has 0 radical (unpaired) electrons. The van der Waals surface area contributed by atoms with Crippen LogP contribution in [-0.2, 0) is 11.2 Å². The topological polar surface area (TPSA) is 67.4 Å². The summed E-state index contributed by atoms with van der Waals surface area (Å²) in [5, 5.41) is 5.55. The number of benzene rings is 2. The van der Waals surface area contributed by atoms with Crippen LogP contribution in [0.5, 0.6) is 0 Å². The second kappa shape index (κ2) is 10.2. The van der Waals surface area contributed by atoms with E-state index in [9.17, 15) is 9.59 Å². The molecule has 0 aliphatic rings. The van der Waals surface area contributed by atoms with Crippen molar-refractivity contribution in [2.45, 2.75) is 33.1 Å². The lowest BCUT2D eigenvalue weighted by Crippen LogP contribution is -2.31. The SMILES string of the molecule is CCCCOC(=O)c1ccccc1NC(=O)NCCc1ccccc1C. The first-order chi connectivity index (χ1) is 12.6. The molecule has 0 bridgehead atoms. The van der Waals surface area contributed by atoms with Gasteiger partial charge in [-0.3, -0.25) is 0 Å². The van der Waals surface area contributed by atoms with Crippen molar-refractivity contribution in [2.24, 2.45) is 0 Å². The molecule has 0 saturated heterocycles. The Labute approximate surface area is 154 Å². The van der Waals surface area contributed by atoms with Crippen molar-refractivity contribution in [3.63, 3.8) is 0 Å². The van der Waals surface area contributed by atoms with Crippen LogP contribution < -0.4 is 10.6 Å². The van der Waals surface area contributed by atoms with Crippen LogP contribution in [0.2, 0.25) is 0 Å². The number of carbonyl (C=O) groups is 2. The molecule has 2 amide bonds. The van der Waals surface area contributed by atoms with E-state index in [-0.39, 0.29) is 6.03 Å². The Balaban J connectivity index is 1.88. The van der Waals surface area contributed by atoms with Gasteiger partial charge in [0.1, 0.15) is 0 Å². The van der Waals surface area contributed by atoms with Gasteiger partial charge in [-0.1, -0.05) is 49.7 Å². The number of esters is 1. The monoisotopic (exact) mass is 354 g/mol. The molecule has 0 heterocycles. The number of aryl methyl sites for hydroxylation is 1. The number of hydrogen-bond acceptors (Lipinski definition) is 3. The maximum atomic E-state index is 12.2. The Hall–Kier alpha value is -2.82. The molecule has 0 spiro atoms. The molecule has 0 atom stereocenters. The fourth-order valence-corrected chi connectivity index (χ4v) is 2.52. The number of unbranched alkanes of at least 4 members (excludes halogenated alkanes) is 1. The Bertz CT molecular complexity index is 744. The van der Waals surface area contributed by atoms with Gasteiger partial charge < -0.3 is 15.4 Å². The van der Waals surface area contributed by atoms with Gasteiger partial charge >= 0.3 is 12.0 Å². The molecule has 0 unspecified atom stereocenters. The molecular formula is C21H26N2O3. The molecule has 0 aliphatic heterocycles. The van der Waals surface area contributed by atoms with Gasteiger partial charge in [0.2, 0.25) is 0 Å². The molecule has 0 fully saturated rings. The molecule has 26 heavy (non-hydrogen) atoms. The number of rotatable bonds is 8. The summed E-state index contributed by atoms with van der Waals surface area (Å²) < 4.78 is 5.23. The summed E-state index contributed by atoms with van der Waals surface area (Å²) in [6, 6.07) is 14.6. The van der Waals surface area contributed by atoms with Crippen molar-refractivity contribution in [3.8, 4) is 0 Å². The zero-order valence-electron chi connectivity index (χ0n) is 15.4. The number of para-hydroxylation sites is 1. The van der Waals surface area contributed by atoms with E-state index in [0.29, 0.717) is 24.4 Å². The zero-order valence-corrected chi connectivity index (χ0v) is 15.4. The fourth-order valence-electron chi connectivity index (χ4n) is 2.52. The van der Waals surface area contributed by atoms with Gasteiger partial charge in [0.05, 0.1) is 17.9 Å². The fraction of sp³-hybridized carbons (Fsp3) is 0.333. The third-order valence-electron chi connectivity index (χ3n) is 4.07. The summed E-state index contributed by atoms with van der Waals surface area (Å²) in [5.74, 6) is -0.422. The van der Waals surface area contributed by atoms with E-state index in [1.54, 1.807) is 24.3 Å². The molecule has 5 nitrogen and oxygen atoms in total. The number of carbonyl (C=O) groups excluding carboxylic acids is 2. The van der Waals surface area contributed by atoms with Crippen molar-refractivity contribution in [2.75, 3.05) is 18.5 Å². The number of amides is 2. The van der Waals surface area contributed by atoms with Gasteiger partial charge in [-0.15, -0.1) is 0 Å². The normalized spacial score (nSPS) is 10.2. The van der Waals surface area contributed by atoms with Crippen LogP contribution in [0.3, 0.4) is 0 Å². The first-order valence-electron chi connectivity index (χ1n) is 8.97. The zero-order chi connectivity index (χ0) is 18.8. The number of anilines is 1. The number of urea groups is 1. The van der Waals surface area contributed by atoms with E-state index in [4.69, 9.17) is 4.74 Å². The van der Waals surface area contributed by atoms with E-state index >= 15 is 0 Å². The molecule has 5 heteroatoms. The van der Waals surface area contributed by atoms with Crippen molar-refractivity contribution < 1.29 is 14.3 Å². The van der Waals surface area contributed by atoms with Crippen LogP contribution in [0.15, 0.2) is 48.5 Å². The Morgan fingerprint density at radius 2 is 1.77 bits per heavy atom. The highest BCUT2D eigenvalue weighted by atomic mass is 16.5. The summed E-state index contributed by atoms with van der Waals surface area (Å²) >= 11 is 0. The van der Waals surface area contributed by atoms with Gasteiger partial charge in [-0.2, -0.15) is 0 Å². The first-order valence-corrected chi connectivity index (χ1v) is 8.97. The molecule has 2 N–H and O–H groups in total. The second-order valence-electron chi connectivity index (χ2n) is 6.09. The van der Waals surface area contributed by atoms with Gasteiger partial charge in [0.25, 0.3) is 0 Å². The highest BCUT2D eigenvalue weighted by Crippen LogP contribution is 2.16. The molecule has 0 aliphatic carbocycles. The van der Waals surface area contributed by atoms with Gasteiger partial charge in [-0.25, -0.2) is 9.59 Å². The smallest absolute Gasteiger partial charge is 0.340 e. The predicted octanol–water partition coefficient (Wildman–Crippen LogP) is 4.32. The highest BCUT2D eigenvalue weighted by Gasteiger charge is 2.14. The Morgan fingerprint density at radius 1 is 1.04 bits per heavy atom. The van der Waals surface area contributed by atoms with Crippen molar-refractivity contribution in [1.82, 2.24) is 5.32 Å². The minimum absolute atomic E-state index is 0.340. The average Bonchev–Trinajstić information content (AvgIpc) is 2.64. The van der Waals surface area contributed by atoms with Crippen LogP contribution in [0, 0.1) is 6.92 Å². The molecule has 2 aromatic rings. The summed E-state index contributed by atoms with van der Waals surface area (Å²) in [7, 11) is 0. The van der Waals surface area contributed by atoms with Crippen LogP contribution >= 0.6 is 0 Å². The van der Waals surface area contributed by atoms with Crippen LogP contribution in [0.25, 0.3) is 0 Å². The largest absolute Gasteiger partial charge is 0.462 e. The highest BCUT2D eigenvalue weighted by molar-refractivity contribution is 6.00. The van der Waals surface area contributed by atoms with Crippen LogP contribution in [0.1, 0.15) is 41.3 Å². The number of nitrogens with one attached hydrogen (secondary N) is 2. The van der Waals surface area contributed by atoms with Crippen LogP contribution in [0.4, 0.5) is 10.5 Å². The predicted molar refractivity (Wildman–Crippen MR) is 104 cm³/mol. The van der Waals surface area contributed by atoms with Crippen LogP contribution in [-0.4, -0.2) is 25.2 Å². The van der Waals surface area contributed by atoms with E-state index in [1.165, 1.54) is 11.1 Å². The van der Waals surface area contributed by atoms with E-state index < -0.39 is 5.97 Å². The summed E-state index contributed by atoms with van der Waals surface area (Å²) in [6.45, 7) is 4.98. The van der Waals surface area contributed by atoms with E-state index in [0.717, 1.165) is 19.3 Å². The minimum Gasteiger partial charge on any atom is -0.462 e.